The molecule has 0 fully saturated rings. The maximum atomic E-state index is 11.6. The van der Waals surface area contributed by atoms with Crippen molar-refractivity contribution in [2.45, 2.75) is 24.8 Å². The summed E-state index contributed by atoms with van der Waals surface area (Å²) >= 11 is 0. The molecule has 1 rings (SSSR count). The van der Waals surface area contributed by atoms with Gasteiger partial charge in [-0.25, -0.2) is 4.79 Å². The zero-order valence-electron chi connectivity index (χ0n) is 10.1. The molecule has 0 spiro atoms. The minimum absolute atomic E-state index is 0.0203. The van der Waals surface area contributed by atoms with Crippen LogP contribution in [0, 0.1) is 0 Å². The molecule has 0 unspecified atom stereocenters. The van der Waals surface area contributed by atoms with E-state index in [1.165, 1.54) is 12.1 Å². The lowest BCUT2D eigenvalue weighted by Gasteiger charge is -2.04. The summed E-state index contributed by atoms with van der Waals surface area (Å²) in [6.07, 6.45) is 1.45. The lowest BCUT2D eigenvalue weighted by atomic mass is 10.4. The number of esters is 1. The predicted molar refractivity (Wildman–Crippen MR) is 65.1 cm³/mol. The molecule has 0 aromatic heterocycles. The number of hydrogen-bond donors (Lipinski definition) is 0. The molecule has 0 saturated carbocycles. The Morgan fingerprint density at radius 3 is 2.39 bits per heavy atom. The van der Waals surface area contributed by atoms with Crippen molar-refractivity contribution < 1.29 is 22.1 Å². The van der Waals surface area contributed by atoms with Crippen LogP contribution in [0.25, 0.3) is 0 Å². The van der Waals surface area contributed by atoms with Crippen LogP contribution in [-0.4, -0.2) is 20.5 Å². The van der Waals surface area contributed by atoms with E-state index in [4.69, 9.17) is 4.74 Å². The number of carbonyl (C=O) groups is 1. The molecule has 18 heavy (non-hydrogen) atoms. The minimum atomic E-state index is -3.88. The number of benzene rings is 1. The van der Waals surface area contributed by atoms with Gasteiger partial charge in [-0.15, -0.1) is 0 Å². The number of carbonyl (C=O) groups excluding carboxylic acids is 1. The summed E-state index contributed by atoms with van der Waals surface area (Å²) in [7, 11) is -3.88. The zero-order chi connectivity index (χ0) is 13.6. The van der Waals surface area contributed by atoms with Gasteiger partial charge in [-0.3, -0.25) is 0 Å². The third-order valence-electron chi connectivity index (χ3n) is 1.77. The van der Waals surface area contributed by atoms with Crippen LogP contribution in [0.2, 0.25) is 0 Å². The van der Waals surface area contributed by atoms with E-state index in [1.54, 1.807) is 32.0 Å². The van der Waals surface area contributed by atoms with Gasteiger partial charge in [0.2, 0.25) is 0 Å². The highest BCUT2D eigenvalue weighted by Crippen LogP contribution is 2.11. The normalized spacial score (nSPS) is 11.7. The van der Waals surface area contributed by atoms with Crippen LogP contribution in [0.5, 0.6) is 0 Å². The molecule has 1 aromatic rings. The van der Waals surface area contributed by atoms with E-state index in [-0.39, 0.29) is 11.0 Å². The molecule has 0 bridgehead atoms. The van der Waals surface area contributed by atoms with Gasteiger partial charge in [-0.2, -0.15) is 8.42 Å². The zero-order valence-corrected chi connectivity index (χ0v) is 10.9. The quantitative estimate of drug-likeness (QED) is 0.353. The molecule has 0 saturated heterocycles. The average molecular weight is 270 g/mol. The van der Waals surface area contributed by atoms with Crippen molar-refractivity contribution in [1.82, 2.24) is 0 Å². The lowest BCUT2D eigenvalue weighted by Crippen LogP contribution is -2.09. The molecule has 0 heterocycles. The summed E-state index contributed by atoms with van der Waals surface area (Å²) in [6, 6.07) is 7.64. The summed E-state index contributed by atoms with van der Waals surface area (Å²) in [5.74, 6) is -0.659. The van der Waals surface area contributed by atoms with Gasteiger partial charge in [0.1, 0.15) is 11.2 Å². The SMILES string of the molecule is CC(C)OC(=O)C=COS(=O)(=O)c1ccccc1. The highest BCUT2D eigenvalue weighted by Gasteiger charge is 2.13. The van der Waals surface area contributed by atoms with E-state index in [0.29, 0.717) is 0 Å². The number of rotatable bonds is 5. The van der Waals surface area contributed by atoms with Gasteiger partial charge >= 0.3 is 16.1 Å². The topological polar surface area (TPSA) is 69.7 Å². The predicted octanol–water partition coefficient (Wildman–Crippen LogP) is 1.86. The Balaban J connectivity index is 2.63. The van der Waals surface area contributed by atoms with Crippen molar-refractivity contribution in [2.75, 3.05) is 0 Å². The van der Waals surface area contributed by atoms with Crippen molar-refractivity contribution in [2.24, 2.45) is 0 Å². The standard InChI is InChI=1S/C12H14O5S/c1-10(2)17-12(13)8-9-16-18(14,15)11-6-4-3-5-7-11/h3-10H,1-2H3. The maximum absolute atomic E-state index is 11.6. The Hall–Kier alpha value is -1.82. The Morgan fingerprint density at radius 2 is 1.83 bits per heavy atom. The molecule has 0 aliphatic carbocycles. The monoisotopic (exact) mass is 270 g/mol. The van der Waals surface area contributed by atoms with Crippen LogP contribution < -0.4 is 0 Å². The third-order valence-corrected chi connectivity index (χ3v) is 2.98. The molecule has 1 aromatic carbocycles. The van der Waals surface area contributed by atoms with Gasteiger partial charge in [0.25, 0.3) is 0 Å². The summed E-state index contributed by atoms with van der Waals surface area (Å²) in [5, 5.41) is 0. The molecule has 0 radical (unpaired) electrons. The number of ether oxygens (including phenoxy) is 1. The largest absolute Gasteiger partial charge is 0.460 e. The fourth-order valence-corrected chi connectivity index (χ4v) is 1.87. The van der Waals surface area contributed by atoms with Gasteiger partial charge < -0.3 is 8.92 Å². The first-order valence-electron chi connectivity index (χ1n) is 5.27. The summed E-state index contributed by atoms with van der Waals surface area (Å²) in [4.78, 5) is 11.1. The second-order valence-electron chi connectivity index (χ2n) is 3.65. The first kappa shape index (κ1) is 14.2. The highest BCUT2D eigenvalue weighted by atomic mass is 32.2. The second kappa shape index (κ2) is 6.20. The van der Waals surface area contributed by atoms with Crippen LogP contribution in [0.15, 0.2) is 47.6 Å². The Bertz CT molecular complexity index is 517. The highest BCUT2D eigenvalue weighted by molar-refractivity contribution is 7.86. The molecule has 6 heteroatoms. The molecular weight excluding hydrogens is 256 g/mol. The van der Waals surface area contributed by atoms with Gasteiger partial charge in [0.15, 0.2) is 0 Å². The molecule has 0 aliphatic heterocycles. The van der Waals surface area contributed by atoms with E-state index < -0.39 is 16.1 Å². The van der Waals surface area contributed by atoms with Crippen LogP contribution in [0.3, 0.4) is 0 Å². The van der Waals surface area contributed by atoms with Crippen molar-refractivity contribution in [3.63, 3.8) is 0 Å². The van der Waals surface area contributed by atoms with Crippen molar-refractivity contribution in [1.29, 1.82) is 0 Å². The Morgan fingerprint density at radius 1 is 1.22 bits per heavy atom. The van der Waals surface area contributed by atoms with Crippen molar-refractivity contribution in [3.05, 3.63) is 42.7 Å². The maximum Gasteiger partial charge on any atom is 0.338 e. The fraction of sp³-hybridized carbons (Fsp3) is 0.250. The van der Waals surface area contributed by atoms with E-state index in [2.05, 4.69) is 4.18 Å². The van der Waals surface area contributed by atoms with E-state index >= 15 is 0 Å². The van der Waals surface area contributed by atoms with Crippen LogP contribution >= 0.6 is 0 Å². The first-order valence-corrected chi connectivity index (χ1v) is 6.68. The van der Waals surface area contributed by atoms with E-state index in [9.17, 15) is 13.2 Å². The lowest BCUT2D eigenvalue weighted by molar-refractivity contribution is -0.141. The third kappa shape index (κ3) is 4.58. The summed E-state index contributed by atoms with van der Waals surface area (Å²) in [5.41, 5.74) is 0. The van der Waals surface area contributed by atoms with E-state index in [1.807, 2.05) is 0 Å². The van der Waals surface area contributed by atoms with Crippen LogP contribution in [0.1, 0.15) is 13.8 Å². The Labute approximate surface area is 106 Å². The van der Waals surface area contributed by atoms with Gasteiger partial charge in [-0.1, -0.05) is 18.2 Å². The first-order chi connectivity index (χ1) is 8.42. The van der Waals surface area contributed by atoms with Gasteiger partial charge in [-0.05, 0) is 26.0 Å². The fourth-order valence-electron chi connectivity index (χ4n) is 1.07. The molecule has 98 valence electrons. The van der Waals surface area contributed by atoms with Crippen LogP contribution in [0.4, 0.5) is 0 Å². The molecular formula is C12H14O5S. The molecule has 0 atom stereocenters. The molecule has 0 amide bonds. The van der Waals surface area contributed by atoms with Crippen molar-refractivity contribution >= 4 is 16.1 Å². The van der Waals surface area contributed by atoms with Crippen LogP contribution in [-0.2, 0) is 23.8 Å². The second-order valence-corrected chi connectivity index (χ2v) is 5.22. The van der Waals surface area contributed by atoms with Crippen molar-refractivity contribution in [3.8, 4) is 0 Å². The summed E-state index contributed by atoms with van der Waals surface area (Å²) < 4.78 is 32.5. The summed E-state index contributed by atoms with van der Waals surface area (Å²) in [6.45, 7) is 3.38. The van der Waals surface area contributed by atoms with Gasteiger partial charge in [0, 0.05) is 0 Å². The molecule has 5 nitrogen and oxygen atoms in total. The Kier molecular flexibility index (Phi) is 4.91. The molecule has 0 N–H and O–H groups in total. The van der Waals surface area contributed by atoms with E-state index in [0.717, 1.165) is 12.3 Å². The smallest absolute Gasteiger partial charge is 0.338 e. The average Bonchev–Trinajstić information content (AvgIpc) is 2.29. The minimum Gasteiger partial charge on any atom is -0.460 e. The number of hydrogen-bond acceptors (Lipinski definition) is 5. The molecule has 0 aliphatic rings. The van der Waals surface area contributed by atoms with Gasteiger partial charge in [0.05, 0.1) is 12.2 Å².